The number of rotatable bonds is 4. The Balaban J connectivity index is 2.44. The number of carbonyl (C=O) groups is 1. The molecule has 0 aromatic heterocycles. The van der Waals surface area contributed by atoms with E-state index in [0.29, 0.717) is 18.7 Å². The lowest BCUT2D eigenvalue weighted by Gasteiger charge is -2.27. The predicted molar refractivity (Wildman–Crippen MR) is 84.3 cm³/mol. The van der Waals surface area contributed by atoms with E-state index in [4.69, 9.17) is 0 Å². The number of nitrogens with zero attached hydrogens (tertiary/aromatic N) is 3. The number of anilines is 2. The van der Waals surface area contributed by atoms with Crippen molar-refractivity contribution in [3.05, 3.63) is 17.7 Å². The van der Waals surface area contributed by atoms with Gasteiger partial charge < -0.3 is 14.9 Å². The number of nitrogens with one attached hydrogen (secondary N) is 1. The summed E-state index contributed by atoms with van der Waals surface area (Å²) >= 11 is 0. The van der Waals surface area contributed by atoms with Crippen molar-refractivity contribution in [3.63, 3.8) is 0 Å². The highest BCUT2D eigenvalue weighted by molar-refractivity contribution is 5.87. The molecule has 1 atom stereocenters. The van der Waals surface area contributed by atoms with Crippen LogP contribution in [0.2, 0.25) is 0 Å². The molecule has 1 amide bonds. The number of amides is 1. The van der Waals surface area contributed by atoms with Crippen LogP contribution < -0.4 is 15.3 Å². The van der Waals surface area contributed by atoms with Crippen molar-refractivity contribution in [1.82, 2.24) is 10.3 Å². The van der Waals surface area contributed by atoms with Crippen molar-refractivity contribution < 1.29 is 9.90 Å². The first-order valence-corrected chi connectivity index (χ1v) is 7.18. The molecule has 6 heteroatoms. The van der Waals surface area contributed by atoms with Gasteiger partial charge in [0.25, 0.3) is 0 Å². The van der Waals surface area contributed by atoms with Gasteiger partial charge in [-0.15, -0.1) is 0 Å². The first-order chi connectivity index (χ1) is 9.86. The number of hydrazine groups is 1. The van der Waals surface area contributed by atoms with Crippen molar-refractivity contribution >= 4 is 17.3 Å². The smallest absolute Gasteiger partial charge is 0.238 e. The molecule has 0 aliphatic carbocycles. The molecule has 0 saturated carbocycles. The molecule has 0 fully saturated rings. The standard InChI is InChI=1S/C15H24N4O2/c1-6-13(20)16-19-10(2)18(5)12-8-7-11(9-17(3)4)15(21)14(12)19/h7-8,10,21H,6,9H2,1-5H3,(H,16,20). The van der Waals surface area contributed by atoms with Gasteiger partial charge in [0.15, 0.2) is 0 Å². The lowest BCUT2D eigenvalue weighted by atomic mass is 10.1. The minimum Gasteiger partial charge on any atom is -0.505 e. The summed E-state index contributed by atoms with van der Waals surface area (Å²) in [5.74, 6) is 0.161. The zero-order valence-electron chi connectivity index (χ0n) is 13.3. The lowest BCUT2D eigenvalue weighted by molar-refractivity contribution is -0.121. The average Bonchev–Trinajstić information content (AvgIpc) is 2.67. The van der Waals surface area contributed by atoms with Gasteiger partial charge in [-0.25, -0.2) is 0 Å². The van der Waals surface area contributed by atoms with Crippen LogP contribution in [0.1, 0.15) is 25.8 Å². The largest absolute Gasteiger partial charge is 0.505 e. The van der Waals surface area contributed by atoms with Crippen molar-refractivity contribution in [2.24, 2.45) is 0 Å². The number of aromatic hydroxyl groups is 1. The van der Waals surface area contributed by atoms with Gasteiger partial charge in [0.05, 0.1) is 5.69 Å². The zero-order valence-corrected chi connectivity index (χ0v) is 13.3. The summed E-state index contributed by atoms with van der Waals surface area (Å²) in [6, 6.07) is 3.92. The molecule has 1 aliphatic rings. The summed E-state index contributed by atoms with van der Waals surface area (Å²) in [4.78, 5) is 15.8. The molecule has 2 N–H and O–H groups in total. The third-order valence-electron chi connectivity index (χ3n) is 3.82. The molecule has 21 heavy (non-hydrogen) atoms. The fourth-order valence-electron chi connectivity index (χ4n) is 2.53. The Morgan fingerprint density at radius 1 is 1.43 bits per heavy atom. The van der Waals surface area contributed by atoms with E-state index in [9.17, 15) is 9.90 Å². The van der Waals surface area contributed by atoms with Gasteiger partial charge in [-0.05, 0) is 27.1 Å². The molecule has 0 radical (unpaired) electrons. The first kappa shape index (κ1) is 15.4. The molecule has 2 rings (SSSR count). The van der Waals surface area contributed by atoms with Crippen molar-refractivity contribution in [3.8, 4) is 5.75 Å². The quantitative estimate of drug-likeness (QED) is 0.880. The van der Waals surface area contributed by atoms with E-state index in [0.717, 1.165) is 11.3 Å². The minimum absolute atomic E-state index is 0.0454. The van der Waals surface area contributed by atoms with Gasteiger partial charge >= 0.3 is 0 Å². The molecule has 1 unspecified atom stereocenters. The summed E-state index contributed by atoms with van der Waals surface area (Å²) in [5.41, 5.74) is 5.30. The number of benzene rings is 1. The van der Waals surface area contributed by atoms with E-state index in [-0.39, 0.29) is 17.8 Å². The third kappa shape index (κ3) is 2.76. The first-order valence-electron chi connectivity index (χ1n) is 7.18. The molecule has 1 aromatic carbocycles. The molecule has 1 aliphatic heterocycles. The van der Waals surface area contributed by atoms with Gasteiger partial charge in [0.1, 0.15) is 17.6 Å². The Labute approximate surface area is 125 Å². The molecule has 0 spiro atoms. The van der Waals surface area contributed by atoms with Gasteiger partial charge in [-0.1, -0.05) is 13.0 Å². The lowest BCUT2D eigenvalue weighted by Crippen LogP contribution is -2.49. The van der Waals surface area contributed by atoms with E-state index in [1.165, 1.54) is 0 Å². The Morgan fingerprint density at radius 2 is 2.10 bits per heavy atom. The van der Waals surface area contributed by atoms with Crippen LogP contribution in [0.4, 0.5) is 11.4 Å². The molecule has 0 saturated heterocycles. The van der Waals surface area contributed by atoms with E-state index in [2.05, 4.69) is 5.43 Å². The summed E-state index contributed by atoms with van der Waals surface area (Å²) in [5, 5.41) is 12.3. The number of hydrogen-bond donors (Lipinski definition) is 2. The highest BCUT2D eigenvalue weighted by atomic mass is 16.3. The number of carbonyl (C=O) groups excluding carboxylic acids is 1. The third-order valence-corrected chi connectivity index (χ3v) is 3.82. The van der Waals surface area contributed by atoms with Crippen LogP contribution in [0.5, 0.6) is 5.75 Å². The summed E-state index contributed by atoms with van der Waals surface area (Å²) in [6.45, 7) is 4.44. The zero-order chi connectivity index (χ0) is 15.7. The number of phenols is 1. The van der Waals surface area contributed by atoms with Gasteiger partial charge in [0.2, 0.25) is 5.91 Å². The second-order valence-electron chi connectivity index (χ2n) is 5.68. The Hall–Kier alpha value is -1.95. The van der Waals surface area contributed by atoms with Crippen LogP contribution in [-0.2, 0) is 11.3 Å². The molecular weight excluding hydrogens is 268 g/mol. The molecule has 1 heterocycles. The van der Waals surface area contributed by atoms with Gasteiger partial charge in [-0.2, -0.15) is 0 Å². The number of hydrogen-bond acceptors (Lipinski definition) is 5. The number of fused-ring (bicyclic) bond motifs is 1. The predicted octanol–water partition coefficient (Wildman–Crippen LogP) is 1.50. The Kier molecular flexibility index (Phi) is 4.27. The number of phenolic OH excluding ortho intramolecular Hbond substituents is 1. The van der Waals surface area contributed by atoms with Crippen molar-refractivity contribution in [1.29, 1.82) is 0 Å². The summed E-state index contributed by atoms with van der Waals surface area (Å²) in [7, 11) is 5.86. The maximum absolute atomic E-state index is 11.7. The highest BCUT2D eigenvalue weighted by Crippen LogP contribution is 2.45. The van der Waals surface area contributed by atoms with Crippen LogP contribution >= 0.6 is 0 Å². The fraction of sp³-hybridized carbons (Fsp3) is 0.533. The Morgan fingerprint density at radius 3 is 2.67 bits per heavy atom. The molecule has 116 valence electrons. The van der Waals surface area contributed by atoms with Crippen LogP contribution in [0.25, 0.3) is 0 Å². The summed E-state index contributed by atoms with van der Waals surface area (Å²) < 4.78 is 0. The van der Waals surface area contributed by atoms with Gasteiger partial charge in [-0.3, -0.25) is 15.2 Å². The van der Waals surface area contributed by atoms with Gasteiger partial charge in [0, 0.05) is 25.6 Å². The Bertz CT molecular complexity index is 545. The van der Waals surface area contributed by atoms with Crippen molar-refractivity contribution in [2.45, 2.75) is 33.0 Å². The topological polar surface area (TPSA) is 59.1 Å². The van der Waals surface area contributed by atoms with Crippen LogP contribution in [0, 0.1) is 0 Å². The van der Waals surface area contributed by atoms with E-state index in [1.54, 1.807) is 5.01 Å². The van der Waals surface area contributed by atoms with Crippen LogP contribution in [-0.4, -0.2) is 43.2 Å². The highest BCUT2D eigenvalue weighted by Gasteiger charge is 2.34. The maximum Gasteiger partial charge on any atom is 0.238 e. The average molecular weight is 292 g/mol. The second kappa shape index (κ2) is 5.81. The maximum atomic E-state index is 11.7. The monoisotopic (exact) mass is 292 g/mol. The fourth-order valence-corrected chi connectivity index (χ4v) is 2.53. The minimum atomic E-state index is -0.0690. The molecule has 0 bridgehead atoms. The molecule has 6 nitrogen and oxygen atoms in total. The van der Waals surface area contributed by atoms with Crippen LogP contribution in [0.3, 0.4) is 0 Å². The summed E-state index contributed by atoms with van der Waals surface area (Å²) in [6.07, 6.45) is 0.358. The normalized spacial score (nSPS) is 17.3. The SMILES string of the molecule is CCC(=O)NN1c2c(ccc(CN(C)C)c2O)N(C)C1C. The van der Waals surface area contributed by atoms with Crippen molar-refractivity contribution in [2.75, 3.05) is 31.1 Å². The molecular formula is C15H24N4O2. The van der Waals surface area contributed by atoms with E-state index >= 15 is 0 Å². The van der Waals surface area contributed by atoms with Crippen LogP contribution in [0.15, 0.2) is 12.1 Å². The molecule has 1 aromatic rings. The van der Waals surface area contributed by atoms with E-state index in [1.807, 2.05) is 56.9 Å². The van der Waals surface area contributed by atoms with E-state index < -0.39 is 0 Å². The second-order valence-corrected chi connectivity index (χ2v) is 5.68.